The SMILES string of the molecule is CC1=CC(C(=O)Nc2cc(Cl)cc(Cl)c2)CCC1C. The summed E-state index contributed by atoms with van der Waals surface area (Å²) in [4.78, 5) is 12.2. The number of rotatable bonds is 2. The summed E-state index contributed by atoms with van der Waals surface area (Å²) < 4.78 is 0. The lowest BCUT2D eigenvalue weighted by molar-refractivity contribution is -0.118. The summed E-state index contributed by atoms with van der Waals surface area (Å²) in [6.45, 7) is 4.27. The Labute approximate surface area is 123 Å². The maximum Gasteiger partial charge on any atom is 0.231 e. The third-order valence-corrected chi connectivity index (χ3v) is 4.06. The third-order valence-electron chi connectivity index (χ3n) is 3.62. The highest BCUT2D eigenvalue weighted by molar-refractivity contribution is 6.35. The van der Waals surface area contributed by atoms with Crippen molar-refractivity contribution in [2.24, 2.45) is 11.8 Å². The largest absolute Gasteiger partial charge is 0.325 e. The fraction of sp³-hybridized carbons (Fsp3) is 0.400. The number of hydrogen-bond acceptors (Lipinski definition) is 1. The number of allylic oxidation sites excluding steroid dienone is 1. The van der Waals surface area contributed by atoms with Crippen molar-refractivity contribution in [3.8, 4) is 0 Å². The van der Waals surface area contributed by atoms with Gasteiger partial charge in [-0.15, -0.1) is 0 Å². The predicted molar refractivity (Wildman–Crippen MR) is 80.7 cm³/mol. The minimum Gasteiger partial charge on any atom is -0.325 e. The Bertz CT molecular complexity index is 505. The van der Waals surface area contributed by atoms with Crippen molar-refractivity contribution in [1.29, 1.82) is 0 Å². The minimum atomic E-state index is -0.0612. The fourth-order valence-electron chi connectivity index (χ4n) is 2.29. The molecule has 1 amide bonds. The molecule has 19 heavy (non-hydrogen) atoms. The zero-order valence-electron chi connectivity index (χ0n) is 11.0. The van der Waals surface area contributed by atoms with Gasteiger partial charge in [0.2, 0.25) is 5.91 Å². The maximum absolute atomic E-state index is 12.2. The van der Waals surface area contributed by atoms with E-state index in [1.54, 1.807) is 18.2 Å². The van der Waals surface area contributed by atoms with Crippen molar-refractivity contribution < 1.29 is 4.79 Å². The van der Waals surface area contributed by atoms with E-state index in [1.165, 1.54) is 5.57 Å². The average Bonchev–Trinajstić information content (AvgIpc) is 2.31. The molecule has 0 saturated heterocycles. The van der Waals surface area contributed by atoms with Gasteiger partial charge >= 0.3 is 0 Å². The second-order valence-corrected chi connectivity index (χ2v) is 6.02. The van der Waals surface area contributed by atoms with Crippen LogP contribution in [0.5, 0.6) is 0 Å². The van der Waals surface area contributed by atoms with Crippen LogP contribution in [-0.4, -0.2) is 5.91 Å². The normalized spacial score (nSPS) is 22.8. The molecule has 2 atom stereocenters. The van der Waals surface area contributed by atoms with Crippen molar-refractivity contribution in [3.05, 3.63) is 39.9 Å². The second-order valence-electron chi connectivity index (χ2n) is 5.14. The Morgan fingerprint density at radius 3 is 2.42 bits per heavy atom. The first-order chi connectivity index (χ1) is 8.95. The summed E-state index contributed by atoms with van der Waals surface area (Å²) in [6.07, 6.45) is 4.00. The highest BCUT2D eigenvalue weighted by Crippen LogP contribution is 2.29. The van der Waals surface area contributed by atoms with Crippen molar-refractivity contribution in [2.45, 2.75) is 26.7 Å². The molecular formula is C15H17Cl2NO. The molecule has 0 heterocycles. The molecule has 4 heteroatoms. The van der Waals surface area contributed by atoms with E-state index >= 15 is 0 Å². The smallest absolute Gasteiger partial charge is 0.231 e. The van der Waals surface area contributed by atoms with Gasteiger partial charge in [-0.1, -0.05) is 41.8 Å². The van der Waals surface area contributed by atoms with E-state index in [9.17, 15) is 4.79 Å². The molecule has 0 fully saturated rings. The molecule has 0 spiro atoms. The molecule has 1 N–H and O–H groups in total. The highest BCUT2D eigenvalue weighted by atomic mass is 35.5. The van der Waals surface area contributed by atoms with Gasteiger partial charge in [0, 0.05) is 15.7 Å². The number of halogens is 2. The zero-order valence-corrected chi connectivity index (χ0v) is 12.6. The van der Waals surface area contributed by atoms with E-state index in [4.69, 9.17) is 23.2 Å². The van der Waals surface area contributed by atoms with Gasteiger partial charge in [-0.3, -0.25) is 4.79 Å². The van der Waals surface area contributed by atoms with Crippen LogP contribution in [0.2, 0.25) is 10.0 Å². The van der Waals surface area contributed by atoms with Crippen LogP contribution >= 0.6 is 23.2 Å². The average molecular weight is 298 g/mol. The molecular weight excluding hydrogens is 281 g/mol. The monoisotopic (exact) mass is 297 g/mol. The van der Waals surface area contributed by atoms with Gasteiger partial charge in [-0.05, 0) is 43.9 Å². The summed E-state index contributed by atoms with van der Waals surface area (Å²) in [7, 11) is 0. The van der Waals surface area contributed by atoms with Gasteiger partial charge in [0.25, 0.3) is 0 Å². The lowest BCUT2D eigenvalue weighted by Crippen LogP contribution is -2.25. The molecule has 1 aliphatic carbocycles. The van der Waals surface area contributed by atoms with Crippen LogP contribution < -0.4 is 5.32 Å². The third kappa shape index (κ3) is 3.74. The zero-order chi connectivity index (χ0) is 14.0. The van der Waals surface area contributed by atoms with Crippen LogP contribution in [0, 0.1) is 11.8 Å². The predicted octanol–water partition coefficient (Wildman–Crippen LogP) is 4.92. The molecule has 2 rings (SSSR count). The second kappa shape index (κ2) is 5.98. The molecule has 0 aliphatic heterocycles. The first kappa shape index (κ1) is 14.4. The van der Waals surface area contributed by atoms with Crippen LogP contribution in [0.1, 0.15) is 26.7 Å². The molecule has 1 aromatic rings. The number of nitrogens with one attached hydrogen (secondary N) is 1. The van der Waals surface area contributed by atoms with E-state index in [0.717, 1.165) is 12.8 Å². The van der Waals surface area contributed by atoms with Crippen LogP contribution in [0.25, 0.3) is 0 Å². The molecule has 0 saturated carbocycles. The van der Waals surface area contributed by atoms with E-state index in [-0.39, 0.29) is 11.8 Å². The number of carbonyl (C=O) groups excluding carboxylic acids is 1. The first-order valence-electron chi connectivity index (χ1n) is 6.41. The van der Waals surface area contributed by atoms with Crippen LogP contribution in [-0.2, 0) is 4.79 Å². The van der Waals surface area contributed by atoms with E-state index in [2.05, 4.69) is 25.2 Å². The molecule has 1 aromatic carbocycles. The number of amides is 1. The quantitative estimate of drug-likeness (QED) is 0.771. The summed E-state index contributed by atoms with van der Waals surface area (Å²) in [5, 5.41) is 3.92. The number of benzene rings is 1. The van der Waals surface area contributed by atoms with Gasteiger partial charge in [0.15, 0.2) is 0 Å². The Hall–Kier alpha value is -0.990. The standard InChI is InChI=1S/C15H17Cl2NO/c1-9-3-4-11(5-10(9)2)15(19)18-14-7-12(16)6-13(17)8-14/h5-9,11H,3-4H2,1-2H3,(H,18,19). The Kier molecular flexibility index (Phi) is 4.54. The van der Waals surface area contributed by atoms with Crippen LogP contribution in [0.15, 0.2) is 29.8 Å². The summed E-state index contributed by atoms with van der Waals surface area (Å²) in [6, 6.07) is 5.05. The lowest BCUT2D eigenvalue weighted by atomic mass is 9.84. The van der Waals surface area contributed by atoms with E-state index in [0.29, 0.717) is 21.7 Å². The lowest BCUT2D eigenvalue weighted by Gasteiger charge is -2.23. The molecule has 2 nitrogen and oxygen atoms in total. The maximum atomic E-state index is 12.2. The highest BCUT2D eigenvalue weighted by Gasteiger charge is 2.22. The number of hydrogen-bond donors (Lipinski definition) is 1. The molecule has 0 bridgehead atoms. The Morgan fingerprint density at radius 1 is 1.21 bits per heavy atom. The Balaban J connectivity index is 2.09. The van der Waals surface area contributed by atoms with Gasteiger partial charge in [-0.25, -0.2) is 0 Å². The van der Waals surface area contributed by atoms with E-state index in [1.807, 2.05) is 0 Å². The summed E-state index contributed by atoms with van der Waals surface area (Å²) in [5.74, 6) is 0.517. The fourth-order valence-corrected chi connectivity index (χ4v) is 2.82. The minimum absolute atomic E-state index is 0.00424. The topological polar surface area (TPSA) is 29.1 Å². The number of carbonyl (C=O) groups is 1. The molecule has 2 unspecified atom stereocenters. The molecule has 0 radical (unpaired) electrons. The van der Waals surface area contributed by atoms with E-state index < -0.39 is 0 Å². The first-order valence-corrected chi connectivity index (χ1v) is 7.16. The summed E-state index contributed by atoms with van der Waals surface area (Å²) in [5.41, 5.74) is 1.93. The van der Waals surface area contributed by atoms with Crippen molar-refractivity contribution in [1.82, 2.24) is 0 Å². The van der Waals surface area contributed by atoms with Gasteiger partial charge < -0.3 is 5.32 Å². The van der Waals surface area contributed by atoms with Crippen LogP contribution in [0.3, 0.4) is 0 Å². The van der Waals surface area contributed by atoms with Crippen LogP contribution in [0.4, 0.5) is 5.69 Å². The van der Waals surface area contributed by atoms with Gasteiger partial charge in [0.1, 0.15) is 0 Å². The van der Waals surface area contributed by atoms with Crippen molar-refractivity contribution in [3.63, 3.8) is 0 Å². The molecule has 0 aromatic heterocycles. The number of anilines is 1. The van der Waals surface area contributed by atoms with Gasteiger partial charge in [-0.2, -0.15) is 0 Å². The Morgan fingerprint density at radius 2 is 1.84 bits per heavy atom. The van der Waals surface area contributed by atoms with Crippen molar-refractivity contribution >= 4 is 34.8 Å². The molecule has 1 aliphatic rings. The van der Waals surface area contributed by atoms with Gasteiger partial charge in [0.05, 0.1) is 5.92 Å². The van der Waals surface area contributed by atoms with Crippen molar-refractivity contribution in [2.75, 3.05) is 5.32 Å². The summed E-state index contributed by atoms with van der Waals surface area (Å²) >= 11 is 11.8. The molecule has 102 valence electrons.